The van der Waals surface area contributed by atoms with Gasteiger partial charge in [-0.2, -0.15) is 0 Å². The summed E-state index contributed by atoms with van der Waals surface area (Å²) in [5, 5.41) is 4.84. The number of carbonyl (C=O) groups excluding carboxylic acids is 5. The third-order valence-electron chi connectivity index (χ3n) is 4.48. The average Bonchev–Trinajstić information content (AvgIpc) is 2.83. The van der Waals surface area contributed by atoms with Gasteiger partial charge in [-0.3, -0.25) is 24.6 Å². The molecule has 0 heterocycles. The molecule has 0 radical (unpaired) electrons. The van der Waals surface area contributed by atoms with Gasteiger partial charge in [0.15, 0.2) is 0 Å². The fraction of sp³-hybridized carbons (Fsp3) is 0.500. The summed E-state index contributed by atoms with van der Waals surface area (Å²) in [5.41, 5.74) is 2.66. The van der Waals surface area contributed by atoms with Crippen LogP contribution in [-0.2, 0) is 40.0 Å². The lowest BCUT2D eigenvalue weighted by molar-refractivity contribution is -0.145. The molecule has 12 heteroatoms. The largest absolute Gasteiger partial charge is 0.466 e. The quantitative estimate of drug-likeness (QED) is 0.0968. The molecule has 12 nitrogen and oxygen atoms in total. The van der Waals surface area contributed by atoms with Gasteiger partial charge in [-0.25, -0.2) is 10.6 Å². The van der Waals surface area contributed by atoms with Gasteiger partial charge in [0.2, 0.25) is 5.91 Å². The SMILES string of the molecule is CCOC(=O)CC[C@H](NC(=O)OCc1ccccc1)C(=O)N[C@@H](CCC(=O)OCC)C(=O)NN. The summed E-state index contributed by atoms with van der Waals surface area (Å²) in [7, 11) is 0. The lowest BCUT2D eigenvalue weighted by atomic mass is 10.1. The summed E-state index contributed by atoms with van der Waals surface area (Å²) in [4.78, 5) is 60.6. The van der Waals surface area contributed by atoms with Crippen molar-refractivity contribution in [2.75, 3.05) is 13.2 Å². The molecule has 0 aliphatic carbocycles. The molecule has 3 amide bonds. The molecule has 188 valence electrons. The van der Waals surface area contributed by atoms with Crippen LogP contribution < -0.4 is 21.9 Å². The van der Waals surface area contributed by atoms with Crippen molar-refractivity contribution in [2.45, 2.75) is 58.2 Å². The maximum atomic E-state index is 12.9. The van der Waals surface area contributed by atoms with Crippen LogP contribution in [0.15, 0.2) is 30.3 Å². The van der Waals surface area contributed by atoms with Gasteiger partial charge in [0.05, 0.1) is 13.2 Å². The minimum atomic E-state index is -1.22. The van der Waals surface area contributed by atoms with Crippen molar-refractivity contribution in [3.8, 4) is 0 Å². The van der Waals surface area contributed by atoms with E-state index in [0.717, 1.165) is 5.56 Å². The van der Waals surface area contributed by atoms with E-state index < -0.39 is 41.9 Å². The Morgan fingerprint density at radius 3 is 1.82 bits per heavy atom. The molecule has 5 N–H and O–H groups in total. The van der Waals surface area contributed by atoms with Crippen molar-refractivity contribution in [3.05, 3.63) is 35.9 Å². The lowest BCUT2D eigenvalue weighted by Crippen LogP contribution is -2.55. The molecule has 2 atom stereocenters. The Bertz CT molecular complexity index is 818. The molecule has 0 unspecified atom stereocenters. The summed E-state index contributed by atoms with van der Waals surface area (Å²) in [6.07, 6.45) is -1.40. The zero-order valence-electron chi connectivity index (χ0n) is 19.3. The molecule has 0 aromatic heterocycles. The lowest BCUT2D eigenvalue weighted by Gasteiger charge is -2.22. The molecular formula is C22H32N4O8. The van der Waals surface area contributed by atoms with Crippen LogP contribution in [-0.4, -0.2) is 55.1 Å². The highest BCUT2D eigenvalue weighted by Crippen LogP contribution is 2.06. The van der Waals surface area contributed by atoms with Crippen molar-refractivity contribution in [1.82, 2.24) is 16.1 Å². The highest BCUT2D eigenvalue weighted by molar-refractivity contribution is 5.91. The molecule has 1 rings (SSSR count). The molecule has 0 saturated carbocycles. The third-order valence-corrected chi connectivity index (χ3v) is 4.48. The molecule has 1 aromatic carbocycles. The standard InChI is InChI=1S/C22H32N4O8/c1-3-32-18(27)12-10-16(25-22(31)34-14-15-8-6-5-7-9-15)20(29)24-17(21(30)26-23)11-13-19(28)33-4-2/h5-9,16-17H,3-4,10-14,23H2,1-2H3,(H,24,29)(H,25,31)(H,26,30)/t16-,17-/m0/s1. The smallest absolute Gasteiger partial charge is 0.408 e. The second-order valence-corrected chi connectivity index (χ2v) is 7.02. The van der Waals surface area contributed by atoms with Gasteiger partial charge in [0.1, 0.15) is 18.7 Å². The summed E-state index contributed by atoms with van der Waals surface area (Å²) in [6.45, 7) is 3.58. The first-order valence-corrected chi connectivity index (χ1v) is 10.9. The number of nitrogens with one attached hydrogen (secondary N) is 3. The highest BCUT2D eigenvalue weighted by Gasteiger charge is 2.28. The van der Waals surface area contributed by atoms with Crippen LogP contribution in [0.5, 0.6) is 0 Å². The first kappa shape index (κ1) is 28.4. The van der Waals surface area contributed by atoms with Gasteiger partial charge in [0.25, 0.3) is 5.91 Å². The van der Waals surface area contributed by atoms with Crippen LogP contribution in [0.25, 0.3) is 0 Å². The molecule has 0 aliphatic rings. The van der Waals surface area contributed by atoms with E-state index in [-0.39, 0.29) is 45.5 Å². The summed E-state index contributed by atoms with van der Waals surface area (Å²) in [5.74, 6) is 2.57. The van der Waals surface area contributed by atoms with E-state index in [4.69, 9.17) is 20.1 Å². The molecule has 0 saturated heterocycles. The Balaban J connectivity index is 2.82. The number of rotatable bonds is 14. The Kier molecular flexibility index (Phi) is 13.4. The van der Waals surface area contributed by atoms with E-state index in [2.05, 4.69) is 10.6 Å². The van der Waals surface area contributed by atoms with Crippen molar-refractivity contribution < 1.29 is 38.2 Å². The molecule has 1 aromatic rings. The fourth-order valence-electron chi connectivity index (χ4n) is 2.81. The van der Waals surface area contributed by atoms with Crippen molar-refractivity contribution >= 4 is 29.8 Å². The summed E-state index contributed by atoms with van der Waals surface area (Å²) < 4.78 is 14.8. The van der Waals surface area contributed by atoms with Crippen LogP contribution >= 0.6 is 0 Å². The number of benzene rings is 1. The third kappa shape index (κ3) is 11.3. The number of amides is 3. The van der Waals surface area contributed by atoms with E-state index in [1.54, 1.807) is 38.1 Å². The molecule has 34 heavy (non-hydrogen) atoms. The minimum Gasteiger partial charge on any atom is -0.466 e. The minimum absolute atomic E-state index is 0.0311. The van der Waals surface area contributed by atoms with Gasteiger partial charge in [-0.1, -0.05) is 30.3 Å². The maximum absolute atomic E-state index is 12.9. The number of hydrogen-bond acceptors (Lipinski definition) is 9. The van der Waals surface area contributed by atoms with Crippen molar-refractivity contribution in [2.24, 2.45) is 5.84 Å². The number of hydrogen-bond donors (Lipinski definition) is 4. The van der Waals surface area contributed by atoms with Gasteiger partial charge in [-0.15, -0.1) is 0 Å². The van der Waals surface area contributed by atoms with E-state index in [1.165, 1.54) is 0 Å². The Morgan fingerprint density at radius 2 is 1.32 bits per heavy atom. The van der Waals surface area contributed by atoms with Gasteiger partial charge < -0.3 is 24.8 Å². The topological polar surface area (TPSA) is 175 Å². The first-order chi connectivity index (χ1) is 16.3. The van der Waals surface area contributed by atoms with Crippen LogP contribution in [0.4, 0.5) is 4.79 Å². The second kappa shape index (κ2) is 16.0. The molecule has 0 bridgehead atoms. The normalized spacial score (nSPS) is 12.0. The van der Waals surface area contributed by atoms with Crippen LogP contribution in [0.2, 0.25) is 0 Å². The number of alkyl carbamates (subject to hydrolysis) is 1. The van der Waals surface area contributed by atoms with Crippen LogP contribution in [0, 0.1) is 0 Å². The predicted molar refractivity (Wildman–Crippen MR) is 120 cm³/mol. The molecule has 0 fully saturated rings. The second-order valence-electron chi connectivity index (χ2n) is 7.02. The van der Waals surface area contributed by atoms with E-state index in [1.807, 2.05) is 11.5 Å². The fourth-order valence-corrected chi connectivity index (χ4v) is 2.81. The Morgan fingerprint density at radius 1 is 0.794 bits per heavy atom. The summed E-state index contributed by atoms with van der Waals surface area (Å²) in [6, 6.07) is 6.51. The predicted octanol–water partition coefficient (Wildman–Crippen LogP) is 0.443. The Labute approximate surface area is 197 Å². The number of ether oxygens (including phenoxy) is 3. The zero-order valence-corrected chi connectivity index (χ0v) is 19.3. The van der Waals surface area contributed by atoms with Gasteiger partial charge in [0, 0.05) is 12.8 Å². The zero-order chi connectivity index (χ0) is 25.3. The number of nitrogens with two attached hydrogens (primary N) is 1. The molecule has 0 spiro atoms. The van der Waals surface area contributed by atoms with Gasteiger partial charge >= 0.3 is 18.0 Å². The first-order valence-electron chi connectivity index (χ1n) is 10.9. The van der Waals surface area contributed by atoms with E-state index >= 15 is 0 Å². The molecule has 0 aliphatic heterocycles. The maximum Gasteiger partial charge on any atom is 0.408 e. The Hall–Kier alpha value is -3.67. The number of carbonyl (C=O) groups is 5. The van der Waals surface area contributed by atoms with E-state index in [0.29, 0.717) is 0 Å². The summed E-state index contributed by atoms with van der Waals surface area (Å²) >= 11 is 0. The number of hydrazine groups is 1. The van der Waals surface area contributed by atoms with Crippen LogP contribution in [0.3, 0.4) is 0 Å². The molecular weight excluding hydrogens is 448 g/mol. The van der Waals surface area contributed by atoms with Gasteiger partial charge in [-0.05, 0) is 32.3 Å². The van der Waals surface area contributed by atoms with Crippen molar-refractivity contribution in [1.29, 1.82) is 0 Å². The highest BCUT2D eigenvalue weighted by atomic mass is 16.5. The van der Waals surface area contributed by atoms with Crippen molar-refractivity contribution in [3.63, 3.8) is 0 Å². The van der Waals surface area contributed by atoms with E-state index in [9.17, 15) is 24.0 Å². The van der Waals surface area contributed by atoms with Crippen LogP contribution in [0.1, 0.15) is 45.1 Å². The number of esters is 2. The average molecular weight is 481 g/mol. The monoisotopic (exact) mass is 480 g/mol.